The van der Waals surface area contributed by atoms with Crippen LogP contribution in [0.5, 0.6) is 23.0 Å². The molecule has 0 bridgehead atoms. The highest BCUT2D eigenvalue weighted by Crippen LogP contribution is 2.61. The van der Waals surface area contributed by atoms with Crippen LogP contribution in [0.4, 0.5) is 0 Å². The van der Waals surface area contributed by atoms with Gasteiger partial charge in [-0.3, -0.25) is 28.8 Å². The van der Waals surface area contributed by atoms with Crippen molar-refractivity contribution in [3.05, 3.63) is 109 Å². The SMILES string of the molecule is CCC1(OC2CC(O)C(N(C)C)C(C)O2)c2c(c3c(O)c4c(=O)ccc(=O)c4c(O)c3c2=[N+]=[N-])C(=O)C(C2C(=O)c3c(c(=[N+]=[N-])c4c(O)c5c(=O)ccc(=O)c5c(O)c34)C(OC3CC(O)C(N(C)C)C(C)O3)C2(CC)OC2CC(OC)C(O)C(C)O2)C1OC1CC(OC)C(O)C(C)O1. The monoisotopic (exact) mass is 1360 g/mol. The zero-order valence-corrected chi connectivity index (χ0v) is 55.9. The molecule has 22 unspecified atom stereocenters. The van der Waals surface area contributed by atoms with Crippen molar-refractivity contribution >= 4 is 54.7 Å². The molecule has 0 radical (unpaired) electrons. The summed E-state index contributed by atoms with van der Waals surface area (Å²) in [6.07, 6.45) is -24.5. The Bertz CT molecular complexity index is 4590. The van der Waals surface area contributed by atoms with E-state index in [9.17, 15) is 71.1 Å². The number of phenolic OH excluding ortho intramolecular Hbond substituents is 4. The van der Waals surface area contributed by atoms with Gasteiger partial charge in [-0.05, 0) is 93.0 Å². The Labute approximate surface area is 558 Å². The zero-order valence-electron chi connectivity index (χ0n) is 55.9. The average molecular weight is 1370 g/mol. The maximum absolute atomic E-state index is 17.8. The number of nitrogens with zero attached hydrogens (tertiary/aromatic N) is 6. The molecule has 4 aliphatic heterocycles. The number of rotatable bonds is 15. The molecule has 6 aliphatic rings. The lowest BCUT2D eigenvalue weighted by Crippen LogP contribution is -2.67. The molecule has 0 spiro atoms. The molecule has 6 aromatic rings. The van der Waals surface area contributed by atoms with Crippen LogP contribution >= 0.6 is 0 Å². The van der Waals surface area contributed by atoms with Crippen LogP contribution in [0.3, 0.4) is 0 Å². The first-order chi connectivity index (χ1) is 46.4. The van der Waals surface area contributed by atoms with Crippen molar-refractivity contribution in [1.29, 1.82) is 0 Å². The molecule has 526 valence electrons. The number of carbonyl (C=O) groups excluding carboxylic acids is 2. The fraction of sp³-hybridized carbons (Fsp3) is 0.588. The van der Waals surface area contributed by atoms with Crippen LogP contribution in [0.1, 0.15) is 118 Å². The second kappa shape index (κ2) is 26.0. The Morgan fingerprint density at radius 1 is 0.520 bits per heavy atom. The van der Waals surface area contributed by atoms with Crippen molar-refractivity contribution in [1.82, 2.24) is 9.80 Å². The minimum absolute atomic E-state index is 0.349. The number of carbonyl (C=O) groups is 2. The second-order valence-electron chi connectivity index (χ2n) is 27.1. The van der Waals surface area contributed by atoms with Gasteiger partial charge in [0.1, 0.15) is 69.4 Å². The first-order valence-electron chi connectivity index (χ1n) is 32.6. The average Bonchev–Trinajstić information content (AvgIpc) is 1.45. The Hall–Kier alpha value is -7.26. The van der Waals surface area contributed by atoms with Gasteiger partial charge in [-0.15, -0.1) is 0 Å². The van der Waals surface area contributed by atoms with Crippen molar-refractivity contribution in [3.63, 3.8) is 0 Å². The number of aliphatic hydroxyl groups is 4. The Morgan fingerprint density at radius 2 is 0.929 bits per heavy atom. The summed E-state index contributed by atoms with van der Waals surface area (Å²) >= 11 is 0. The van der Waals surface area contributed by atoms with E-state index >= 15 is 9.59 Å². The Balaban J connectivity index is 1.27. The van der Waals surface area contributed by atoms with Gasteiger partial charge >= 0.3 is 10.7 Å². The number of ether oxygens (including phenoxy) is 10. The lowest BCUT2D eigenvalue weighted by Gasteiger charge is -2.56. The maximum atomic E-state index is 17.8. The Morgan fingerprint density at radius 3 is 1.38 bits per heavy atom. The van der Waals surface area contributed by atoms with Crippen LogP contribution < -0.4 is 32.4 Å². The van der Waals surface area contributed by atoms with E-state index in [1.54, 1.807) is 51.8 Å². The van der Waals surface area contributed by atoms with Gasteiger partial charge in [0, 0.05) is 61.8 Å². The number of aliphatic hydroxyl groups excluding tert-OH is 4. The Kier molecular flexibility index (Phi) is 18.8. The molecule has 4 fully saturated rings. The summed E-state index contributed by atoms with van der Waals surface area (Å²) in [5, 5.41) is 90.9. The molecule has 0 amide bonds. The summed E-state index contributed by atoms with van der Waals surface area (Å²) in [6, 6.07) is 1.96. The van der Waals surface area contributed by atoms with Gasteiger partial charge in [-0.1, -0.05) is 13.8 Å². The highest BCUT2D eigenvalue weighted by atomic mass is 16.7. The zero-order chi connectivity index (χ0) is 71.1. The number of fused-ring (bicyclic) bond motifs is 8. The number of phenols is 4. The van der Waals surface area contributed by atoms with E-state index in [1.165, 1.54) is 41.9 Å². The predicted octanol–water partition coefficient (Wildman–Crippen LogP) is 1.00. The second-order valence-corrected chi connectivity index (χ2v) is 27.1. The van der Waals surface area contributed by atoms with E-state index in [0.717, 1.165) is 24.3 Å². The third kappa shape index (κ3) is 10.5. The van der Waals surface area contributed by atoms with Gasteiger partial charge < -0.3 is 109 Å². The molecule has 0 saturated carbocycles. The number of likely N-dealkylation sites (N-methyl/N-ethyl adjacent to an activating group) is 2. The van der Waals surface area contributed by atoms with E-state index in [4.69, 9.17) is 47.4 Å². The highest BCUT2D eigenvalue weighted by Gasteiger charge is 2.70. The molecule has 22 atom stereocenters. The summed E-state index contributed by atoms with van der Waals surface area (Å²) in [5.41, 5.74) is 11.6. The molecule has 30 heteroatoms. The molecule has 6 aromatic carbocycles. The fourth-order valence-corrected chi connectivity index (χ4v) is 17.2. The molecule has 30 nitrogen and oxygen atoms in total. The number of hydrogen-bond acceptors (Lipinski definition) is 26. The normalized spacial score (nSPS) is 35.4. The van der Waals surface area contributed by atoms with Gasteiger partial charge in [-0.25, -0.2) is 0 Å². The fourth-order valence-electron chi connectivity index (χ4n) is 17.2. The van der Waals surface area contributed by atoms with E-state index in [2.05, 4.69) is 9.58 Å². The molecule has 4 saturated heterocycles. The molecule has 4 heterocycles. The predicted molar refractivity (Wildman–Crippen MR) is 341 cm³/mol. The number of ketones is 2. The van der Waals surface area contributed by atoms with E-state index in [1.807, 2.05) is 0 Å². The van der Waals surface area contributed by atoms with E-state index < -0.39 is 279 Å². The van der Waals surface area contributed by atoms with Gasteiger partial charge in [-0.2, -0.15) is 9.58 Å². The van der Waals surface area contributed by atoms with Gasteiger partial charge in [0.2, 0.25) is 0 Å². The number of aromatic hydroxyl groups is 4. The summed E-state index contributed by atoms with van der Waals surface area (Å²) in [7, 11) is 9.47. The minimum atomic E-state index is -2.66. The number of hydrogen-bond donors (Lipinski definition) is 8. The lowest BCUT2D eigenvalue weighted by molar-refractivity contribution is -0.348. The highest BCUT2D eigenvalue weighted by molar-refractivity contribution is 6.25. The van der Waals surface area contributed by atoms with Gasteiger partial charge in [0.05, 0.1) is 105 Å². The standard InChI is InChI=1S/C68H80N6O24/c1-13-67(97-37-20-32(80)56(74(9)10)24(4)92-37)51-46(45-48(54(51)72-70)62(86)42-30(78)18-16-28(76)40(42)60(45)84)63(87)50(66(67)96-36-21-33(89-11)57(81)25(5)93-36)52-64(88)44-43-47(61(85)41-29(77)17-15-27(75)39(41)59(43)83)53(71-69)49(44)65(95-35-19-31(79)55(73(7)8)23(3)91-35)68(52,14-2)98-38-22-34(90-12)58(82)26(6)94-38/h15-18,23-26,31-38,50,52,55-58,65-66,79-86H,13-14,19-22H2,1-12H3. The lowest BCUT2D eigenvalue weighted by atomic mass is 9.57. The summed E-state index contributed by atoms with van der Waals surface area (Å²) < 4.78 is 67.5. The third-order valence-electron chi connectivity index (χ3n) is 21.5. The molecule has 98 heavy (non-hydrogen) atoms. The summed E-state index contributed by atoms with van der Waals surface area (Å²) in [6.45, 7) is 9.34. The van der Waals surface area contributed by atoms with Gasteiger partial charge in [0.15, 0.2) is 58.4 Å². The van der Waals surface area contributed by atoms with Crippen LogP contribution in [0.2, 0.25) is 0 Å². The van der Waals surface area contributed by atoms with Crippen LogP contribution in [-0.2, 0) is 53.0 Å². The van der Waals surface area contributed by atoms with Crippen LogP contribution in [0.15, 0.2) is 43.4 Å². The topological polar surface area (TPSA) is 436 Å². The van der Waals surface area contributed by atoms with Crippen molar-refractivity contribution < 1.29 is 107 Å². The summed E-state index contributed by atoms with van der Waals surface area (Å²) in [5.74, 6) is -11.6. The van der Waals surface area contributed by atoms with Crippen molar-refractivity contribution in [2.45, 2.75) is 202 Å². The van der Waals surface area contributed by atoms with Crippen molar-refractivity contribution in [2.75, 3.05) is 42.4 Å². The van der Waals surface area contributed by atoms with Crippen molar-refractivity contribution in [2.24, 2.45) is 11.8 Å². The van der Waals surface area contributed by atoms with Crippen molar-refractivity contribution in [3.8, 4) is 23.0 Å². The minimum Gasteiger partial charge on any atom is -0.506 e. The van der Waals surface area contributed by atoms with E-state index in [0.29, 0.717) is 0 Å². The number of benzene rings is 4. The van der Waals surface area contributed by atoms with Gasteiger partial charge in [0.25, 0.3) is 0 Å². The maximum Gasteiger partial charge on any atom is 0.333 e. The molecule has 8 N–H and O–H groups in total. The molecular formula is C68H80N6O24. The number of Topliss-reactive ketones (excluding diaryl/α,β-unsaturated/α-hetero) is 2. The summed E-state index contributed by atoms with van der Waals surface area (Å²) in [4.78, 5) is 103. The van der Waals surface area contributed by atoms with E-state index in [-0.39, 0.29) is 25.7 Å². The van der Waals surface area contributed by atoms with Crippen LogP contribution in [-0.4, -0.2) is 224 Å². The largest absolute Gasteiger partial charge is 0.506 e. The molecule has 2 aliphatic carbocycles. The first-order valence-corrected chi connectivity index (χ1v) is 32.6. The third-order valence-corrected chi connectivity index (χ3v) is 21.5. The quantitative estimate of drug-likeness (QED) is 0.0404. The van der Waals surface area contributed by atoms with Crippen LogP contribution in [0.25, 0.3) is 54.2 Å². The molecule has 12 rings (SSSR count). The van der Waals surface area contributed by atoms with Crippen LogP contribution in [0, 0.1) is 11.8 Å². The molecule has 0 aromatic heterocycles. The number of methoxy groups -OCH3 is 2. The smallest absolute Gasteiger partial charge is 0.333 e. The molecular weight excluding hydrogens is 1280 g/mol. The first kappa shape index (κ1) is 70.6.